The van der Waals surface area contributed by atoms with E-state index in [4.69, 9.17) is 18.6 Å². The van der Waals surface area contributed by atoms with Crippen molar-refractivity contribution in [1.29, 1.82) is 0 Å². The molecule has 6 N–H and O–H groups in total. The lowest BCUT2D eigenvalue weighted by atomic mass is 9.89. The van der Waals surface area contributed by atoms with Gasteiger partial charge in [0.1, 0.15) is 40.1 Å². The Hall–Kier alpha value is -4.26. The zero-order valence-electron chi connectivity index (χ0n) is 20.0. The fourth-order valence-corrected chi connectivity index (χ4v) is 4.66. The second-order valence-electron chi connectivity index (χ2n) is 9.08. The lowest BCUT2D eigenvalue weighted by molar-refractivity contribution is -0.263. The van der Waals surface area contributed by atoms with Crippen LogP contribution < -0.4 is 5.43 Å². The molecule has 5 rings (SSSR count). The number of esters is 1. The molecule has 2 heterocycles. The highest BCUT2D eigenvalue weighted by molar-refractivity contribution is 5.86. The van der Waals surface area contributed by atoms with Crippen molar-refractivity contribution in [3.05, 3.63) is 63.2 Å². The number of benzene rings is 2. The highest BCUT2D eigenvalue weighted by Gasteiger charge is 2.43. The third-order valence-electron chi connectivity index (χ3n) is 6.46. The van der Waals surface area contributed by atoms with Gasteiger partial charge in [-0.15, -0.1) is 0 Å². The molecular formula is C26H24O12. The number of carbonyl (C=O) groups is 1. The molecule has 0 amide bonds. The number of aromatic hydroxyl groups is 4. The summed E-state index contributed by atoms with van der Waals surface area (Å²) in [5.41, 5.74) is 0.343. The van der Waals surface area contributed by atoms with Crippen molar-refractivity contribution in [2.24, 2.45) is 0 Å². The number of ether oxygens (including phenoxy) is 3. The van der Waals surface area contributed by atoms with Gasteiger partial charge in [-0.3, -0.25) is 9.59 Å². The molecule has 12 heteroatoms. The van der Waals surface area contributed by atoms with Gasteiger partial charge in [0.05, 0.1) is 6.61 Å². The molecule has 1 aliphatic carbocycles. The molecule has 0 spiro atoms. The van der Waals surface area contributed by atoms with Crippen molar-refractivity contribution in [1.82, 2.24) is 0 Å². The summed E-state index contributed by atoms with van der Waals surface area (Å²) in [7, 11) is 0. The smallest absolute Gasteiger partial charge is 0.303 e. The summed E-state index contributed by atoms with van der Waals surface area (Å²) in [5, 5.41) is 60.7. The van der Waals surface area contributed by atoms with Gasteiger partial charge in [-0.05, 0) is 17.7 Å². The van der Waals surface area contributed by atoms with Gasteiger partial charge in [-0.25, -0.2) is 0 Å². The van der Waals surface area contributed by atoms with E-state index in [1.807, 2.05) is 0 Å². The van der Waals surface area contributed by atoms with Crippen LogP contribution in [0, 0.1) is 0 Å². The predicted octanol–water partition coefficient (Wildman–Crippen LogP) is 1.15. The van der Waals surface area contributed by atoms with Crippen molar-refractivity contribution in [2.45, 2.75) is 44.4 Å². The van der Waals surface area contributed by atoms with Gasteiger partial charge in [-0.2, -0.15) is 0 Å². The highest BCUT2D eigenvalue weighted by atomic mass is 16.7. The quantitative estimate of drug-likeness (QED) is 0.209. The molecule has 1 aliphatic heterocycles. The first-order valence-electron chi connectivity index (χ1n) is 11.6. The van der Waals surface area contributed by atoms with Crippen molar-refractivity contribution in [2.75, 3.05) is 6.61 Å². The van der Waals surface area contributed by atoms with Crippen molar-refractivity contribution in [3.8, 4) is 23.0 Å². The van der Waals surface area contributed by atoms with E-state index in [0.717, 1.165) is 13.0 Å². The Kier molecular flexibility index (Phi) is 6.39. The van der Waals surface area contributed by atoms with Gasteiger partial charge < -0.3 is 49.3 Å². The molecule has 38 heavy (non-hydrogen) atoms. The molecule has 0 saturated carbocycles. The summed E-state index contributed by atoms with van der Waals surface area (Å²) in [6.07, 6.45) is -5.86. The monoisotopic (exact) mass is 528 g/mol. The Morgan fingerprint density at radius 1 is 1.00 bits per heavy atom. The SMILES string of the molecule is CC(=O)OC1C(O)COC(OC2=C(c3ccc(O)c(O)c3)Cc3oc4cc(O)cc(O)c4c(=O)c3C2)C1O. The van der Waals surface area contributed by atoms with Gasteiger partial charge in [-0.1, -0.05) is 6.07 Å². The number of carbonyl (C=O) groups excluding carboxylic acids is 1. The Bertz CT molecular complexity index is 1520. The van der Waals surface area contributed by atoms with E-state index in [2.05, 4.69) is 0 Å². The van der Waals surface area contributed by atoms with Crippen LogP contribution in [-0.4, -0.2) is 67.8 Å². The normalized spacial score (nSPS) is 23.2. The number of hydrogen-bond donors (Lipinski definition) is 6. The third-order valence-corrected chi connectivity index (χ3v) is 6.46. The van der Waals surface area contributed by atoms with E-state index in [0.29, 0.717) is 11.1 Å². The summed E-state index contributed by atoms with van der Waals surface area (Å²) in [5.74, 6) is -1.93. The largest absolute Gasteiger partial charge is 0.508 e. The number of fused-ring (bicyclic) bond motifs is 2. The molecule has 3 aromatic rings. The molecule has 2 aromatic carbocycles. The van der Waals surface area contributed by atoms with E-state index >= 15 is 0 Å². The lowest BCUT2D eigenvalue weighted by Crippen LogP contribution is -2.55. The minimum absolute atomic E-state index is 0.0345. The second-order valence-corrected chi connectivity index (χ2v) is 9.08. The van der Waals surface area contributed by atoms with E-state index in [9.17, 15) is 40.2 Å². The maximum Gasteiger partial charge on any atom is 0.303 e. The fraction of sp³-hybridized carbons (Fsp3) is 0.308. The van der Waals surface area contributed by atoms with Crippen LogP contribution in [0.25, 0.3) is 16.5 Å². The first-order valence-corrected chi connectivity index (χ1v) is 11.6. The van der Waals surface area contributed by atoms with Gasteiger partial charge >= 0.3 is 5.97 Å². The summed E-state index contributed by atoms with van der Waals surface area (Å²) in [4.78, 5) is 24.8. The average molecular weight is 528 g/mol. The molecule has 200 valence electrons. The fourth-order valence-electron chi connectivity index (χ4n) is 4.66. The number of phenols is 4. The highest BCUT2D eigenvalue weighted by Crippen LogP contribution is 2.39. The molecule has 1 fully saturated rings. The number of aliphatic hydroxyl groups excluding tert-OH is 2. The average Bonchev–Trinajstić information content (AvgIpc) is 2.84. The molecule has 12 nitrogen and oxygen atoms in total. The molecule has 4 atom stereocenters. The van der Waals surface area contributed by atoms with Gasteiger partial charge in [0.2, 0.25) is 6.29 Å². The second kappa shape index (κ2) is 9.56. The molecule has 1 aromatic heterocycles. The van der Waals surface area contributed by atoms with Crippen LogP contribution >= 0.6 is 0 Å². The van der Waals surface area contributed by atoms with Crippen LogP contribution in [-0.2, 0) is 31.8 Å². The minimum atomic E-state index is -1.59. The van der Waals surface area contributed by atoms with E-state index in [1.54, 1.807) is 0 Å². The standard InChI is InChI=1S/C26H24O12/c1-10(27)36-25-18(32)9-35-26(24(25)34)38-19-8-14-20(7-13(19)11-2-3-15(29)16(30)4-11)37-21-6-12(28)5-17(31)22(21)23(14)33/h2-6,18,24-26,28-32,34H,7-9H2,1H3. The van der Waals surface area contributed by atoms with Crippen LogP contribution in [0.3, 0.4) is 0 Å². The van der Waals surface area contributed by atoms with Crippen LogP contribution in [0.5, 0.6) is 23.0 Å². The third kappa shape index (κ3) is 4.49. The van der Waals surface area contributed by atoms with Crippen molar-refractivity contribution >= 4 is 22.5 Å². The van der Waals surface area contributed by atoms with Crippen LogP contribution in [0.1, 0.15) is 23.8 Å². The first-order chi connectivity index (χ1) is 18.0. The molecule has 0 radical (unpaired) electrons. The molecular weight excluding hydrogens is 504 g/mol. The number of aliphatic hydroxyl groups is 2. The summed E-state index contributed by atoms with van der Waals surface area (Å²) in [6.45, 7) is 0.808. The van der Waals surface area contributed by atoms with Crippen molar-refractivity contribution < 1.29 is 54.1 Å². The number of hydrogen-bond acceptors (Lipinski definition) is 12. The number of phenolic OH excluding ortho intramolecular Hbond substituents is 4. The topological polar surface area (TPSA) is 196 Å². The Balaban J connectivity index is 1.60. The zero-order valence-corrected chi connectivity index (χ0v) is 20.0. The predicted molar refractivity (Wildman–Crippen MR) is 128 cm³/mol. The zero-order chi connectivity index (χ0) is 27.3. The van der Waals surface area contributed by atoms with Crippen molar-refractivity contribution in [3.63, 3.8) is 0 Å². The van der Waals surface area contributed by atoms with E-state index in [-0.39, 0.29) is 59.0 Å². The van der Waals surface area contributed by atoms with Crippen LogP contribution in [0.2, 0.25) is 0 Å². The summed E-state index contributed by atoms with van der Waals surface area (Å²) < 4.78 is 22.4. The number of allylic oxidation sites excluding steroid dienone is 2. The Morgan fingerprint density at radius 3 is 2.47 bits per heavy atom. The summed E-state index contributed by atoms with van der Waals surface area (Å²) >= 11 is 0. The van der Waals surface area contributed by atoms with Gasteiger partial charge in [0.15, 0.2) is 29.1 Å². The Labute approximate surface area is 214 Å². The number of rotatable bonds is 4. The van der Waals surface area contributed by atoms with E-state index in [1.165, 1.54) is 24.3 Å². The Morgan fingerprint density at radius 2 is 1.76 bits per heavy atom. The molecule has 4 unspecified atom stereocenters. The van der Waals surface area contributed by atoms with Crippen LogP contribution in [0.15, 0.2) is 45.3 Å². The maximum absolute atomic E-state index is 13.3. The van der Waals surface area contributed by atoms with Gasteiger partial charge in [0, 0.05) is 43.0 Å². The maximum atomic E-state index is 13.3. The summed E-state index contributed by atoms with van der Waals surface area (Å²) in [6, 6.07) is 6.25. The first kappa shape index (κ1) is 25.4. The molecule has 1 saturated heterocycles. The van der Waals surface area contributed by atoms with Crippen LogP contribution in [0.4, 0.5) is 0 Å². The van der Waals surface area contributed by atoms with Gasteiger partial charge in [0.25, 0.3) is 0 Å². The lowest BCUT2D eigenvalue weighted by Gasteiger charge is -2.38. The minimum Gasteiger partial charge on any atom is -0.508 e. The van der Waals surface area contributed by atoms with E-state index < -0.39 is 47.5 Å². The molecule has 0 bridgehead atoms. The molecule has 2 aliphatic rings.